The van der Waals surface area contributed by atoms with Crippen LogP contribution in [-0.2, 0) is 9.53 Å². The number of fused-ring (bicyclic) bond motifs is 1. The normalized spacial score (nSPS) is 12.9. The number of hydrogen-bond acceptors (Lipinski definition) is 7. The van der Waals surface area contributed by atoms with Crippen LogP contribution in [-0.4, -0.2) is 42.0 Å². The minimum absolute atomic E-state index is 0.182. The second kappa shape index (κ2) is 9.35. The largest absolute Gasteiger partial charge is 0.483 e. The molecule has 9 heteroatoms. The molecule has 3 aromatic rings. The molecule has 0 bridgehead atoms. The lowest BCUT2D eigenvalue weighted by atomic mass is 10.1. The number of hydrogen-bond donors (Lipinski definition) is 2. The number of anilines is 1. The number of esters is 1. The van der Waals surface area contributed by atoms with Crippen LogP contribution in [0.3, 0.4) is 0 Å². The molecule has 0 unspecified atom stereocenters. The highest BCUT2D eigenvalue weighted by molar-refractivity contribution is 7.17. The molecular weight excluding hydrogens is 430 g/mol. The number of benzene rings is 2. The molecule has 2 amide bonds. The molecule has 0 aliphatic heterocycles. The molecule has 2 aromatic carbocycles. The van der Waals surface area contributed by atoms with Gasteiger partial charge in [0.15, 0.2) is 11.7 Å². The maximum atomic E-state index is 13.1. The van der Waals surface area contributed by atoms with Crippen LogP contribution < -0.4 is 15.4 Å². The molecule has 0 radical (unpaired) electrons. The van der Waals surface area contributed by atoms with Crippen molar-refractivity contribution in [3.05, 3.63) is 52.5 Å². The number of aromatic nitrogens is 1. The number of aryl methyl sites for hydroxylation is 1. The Labute approximate surface area is 188 Å². The van der Waals surface area contributed by atoms with Gasteiger partial charge in [-0.05, 0) is 49.6 Å². The molecule has 1 fully saturated rings. The van der Waals surface area contributed by atoms with Crippen molar-refractivity contribution in [3.8, 4) is 5.75 Å². The number of nitrogens with zero attached hydrogens (tertiary/aromatic N) is 1. The van der Waals surface area contributed by atoms with E-state index in [0.717, 1.165) is 35.0 Å². The Balaban J connectivity index is 1.57. The number of nitrogens with one attached hydrogen (secondary N) is 2. The Morgan fingerprint density at radius 2 is 1.88 bits per heavy atom. The molecule has 1 aliphatic rings. The zero-order valence-corrected chi connectivity index (χ0v) is 18.6. The molecule has 166 valence electrons. The lowest BCUT2D eigenvalue weighted by Crippen LogP contribution is -2.30. The van der Waals surface area contributed by atoms with Crippen molar-refractivity contribution < 1.29 is 23.9 Å². The van der Waals surface area contributed by atoms with E-state index in [1.54, 1.807) is 26.0 Å². The molecule has 1 aromatic heterocycles. The molecule has 1 heterocycles. The summed E-state index contributed by atoms with van der Waals surface area (Å²) < 4.78 is 10.8. The Morgan fingerprint density at radius 3 is 2.56 bits per heavy atom. The summed E-state index contributed by atoms with van der Waals surface area (Å²) in [7, 11) is 0. The maximum Gasteiger partial charge on any atom is 0.350 e. The summed E-state index contributed by atoms with van der Waals surface area (Å²) >= 11 is 1.05. The van der Waals surface area contributed by atoms with Crippen molar-refractivity contribution in [1.82, 2.24) is 10.3 Å². The molecule has 1 aliphatic carbocycles. The first-order valence-electron chi connectivity index (χ1n) is 10.4. The summed E-state index contributed by atoms with van der Waals surface area (Å²) in [6.45, 7) is 3.48. The number of carbonyl (C=O) groups excluding carboxylic acids is 3. The summed E-state index contributed by atoms with van der Waals surface area (Å²) in [4.78, 5) is 41.8. The fourth-order valence-corrected chi connectivity index (χ4v) is 4.01. The minimum atomic E-state index is -0.473. The third kappa shape index (κ3) is 5.05. The third-order valence-corrected chi connectivity index (χ3v) is 5.92. The van der Waals surface area contributed by atoms with Crippen LogP contribution in [0.25, 0.3) is 10.8 Å². The van der Waals surface area contributed by atoms with Crippen molar-refractivity contribution in [2.75, 3.05) is 18.5 Å². The average Bonchev–Trinajstić information content (AvgIpc) is 3.51. The quantitative estimate of drug-likeness (QED) is 0.504. The van der Waals surface area contributed by atoms with Crippen LogP contribution >= 0.6 is 11.3 Å². The standard InChI is InChI=1S/C23H23N3O5S/c1-3-30-22(29)20-13(2)24-23(32-20)26-21(28)17-10-14-6-4-5-7-15(14)11-18(17)31-12-19(27)25-16-8-9-16/h4-7,10-11,16H,3,8-9,12H2,1-2H3,(H,25,27)(H,24,26,28). The van der Waals surface area contributed by atoms with Crippen molar-refractivity contribution in [3.63, 3.8) is 0 Å². The predicted octanol–water partition coefficient (Wildman–Crippen LogP) is 3.69. The highest BCUT2D eigenvalue weighted by Crippen LogP contribution is 2.29. The van der Waals surface area contributed by atoms with Gasteiger partial charge in [0.05, 0.1) is 17.9 Å². The number of ether oxygens (including phenoxy) is 2. The summed E-state index contributed by atoms with van der Waals surface area (Å²) in [5.74, 6) is -0.843. The summed E-state index contributed by atoms with van der Waals surface area (Å²) in [5.41, 5.74) is 0.754. The van der Waals surface area contributed by atoms with Gasteiger partial charge in [0.1, 0.15) is 10.6 Å². The highest BCUT2D eigenvalue weighted by atomic mass is 32.1. The number of thiazole rings is 1. The van der Waals surface area contributed by atoms with Crippen LogP contribution in [0, 0.1) is 6.92 Å². The van der Waals surface area contributed by atoms with Crippen LogP contribution in [0.2, 0.25) is 0 Å². The topological polar surface area (TPSA) is 107 Å². The van der Waals surface area contributed by atoms with E-state index in [-0.39, 0.29) is 35.9 Å². The van der Waals surface area contributed by atoms with Crippen LogP contribution in [0.15, 0.2) is 36.4 Å². The molecule has 0 saturated heterocycles. The van der Waals surface area contributed by atoms with E-state index in [0.29, 0.717) is 16.3 Å². The van der Waals surface area contributed by atoms with Gasteiger partial charge in [0, 0.05) is 6.04 Å². The van der Waals surface area contributed by atoms with E-state index >= 15 is 0 Å². The van der Waals surface area contributed by atoms with Gasteiger partial charge in [-0.3, -0.25) is 14.9 Å². The van der Waals surface area contributed by atoms with Crippen molar-refractivity contribution >= 4 is 45.0 Å². The van der Waals surface area contributed by atoms with Gasteiger partial charge in [-0.15, -0.1) is 0 Å². The van der Waals surface area contributed by atoms with Crippen LogP contribution in [0.5, 0.6) is 5.75 Å². The van der Waals surface area contributed by atoms with Gasteiger partial charge >= 0.3 is 5.97 Å². The van der Waals surface area contributed by atoms with Gasteiger partial charge in [-0.25, -0.2) is 9.78 Å². The van der Waals surface area contributed by atoms with Gasteiger partial charge < -0.3 is 14.8 Å². The Hall–Kier alpha value is -3.46. The van der Waals surface area contributed by atoms with Crippen LogP contribution in [0.1, 0.15) is 45.5 Å². The molecule has 32 heavy (non-hydrogen) atoms. The first kappa shape index (κ1) is 21.8. The molecule has 4 rings (SSSR count). The predicted molar refractivity (Wildman–Crippen MR) is 121 cm³/mol. The van der Waals surface area contributed by atoms with E-state index in [1.165, 1.54) is 0 Å². The van der Waals surface area contributed by atoms with Crippen molar-refractivity contribution in [2.45, 2.75) is 32.7 Å². The third-order valence-electron chi connectivity index (χ3n) is 4.87. The van der Waals surface area contributed by atoms with Gasteiger partial charge in [0.25, 0.3) is 11.8 Å². The molecule has 0 atom stereocenters. The second-order valence-electron chi connectivity index (χ2n) is 7.43. The molecule has 1 saturated carbocycles. The monoisotopic (exact) mass is 453 g/mol. The zero-order valence-electron chi connectivity index (χ0n) is 17.8. The fraction of sp³-hybridized carbons (Fsp3) is 0.304. The van der Waals surface area contributed by atoms with Gasteiger partial charge in [0.2, 0.25) is 0 Å². The number of rotatable bonds is 8. The van der Waals surface area contributed by atoms with E-state index in [2.05, 4.69) is 15.6 Å². The molecular formula is C23H23N3O5S. The Kier molecular flexibility index (Phi) is 6.36. The van der Waals surface area contributed by atoms with E-state index in [4.69, 9.17) is 9.47 Å². The Morgan fingerprint density at radius 1 is 1.16 bits per heavy atom. The first-order valence-corrected chi connectivity index (χ1v) is 11.2. The van der Waals surface area contributed by atoms with E-state index in [9.17, 15) is 14.4 Å². The molecule has 0 spiro atoms. The first-order chi connectivity index (χ1) is 15.4. The molecule has 2 N–H and O–H groups in total. The minimum Gasteiger partial charge on any atom is -0.483 e. The summed E-state index contributed by atoms with van der Waals surface area (Å²) in [6, 6.07) is 11.3. The highest BCUT2D eigenvalue weighted by Gasteiger charge is 2.24. The van der Waals surface area contributed by atoms with E-state index in [1.807, 2.05) is 24.3 Å². The number of amides is 2. The molecule has 8 nitrogen and oxygen atoms in total. The summed E-state index contributed by atoms with van der Waals surface area (Å²) in [6.07, 6.45) is 1.97. The van der Waals surface area contributed by atoms with Crippen molar-refractivity contribution in [2.24, 2.45) is 0 Å². The van der Waals surface area contributed by atoms with Gasteiger partial charge in [-0.1, -0.05) is 35.6 Å². The fourth-order valence-electron chi connectivity index (χ4n) is 3.16. The van der Waals surface area contributed by atoms with Crippen LogP contribution in [0.4, 0.5) is 5.13 Å². The maximum absolute atomic E-state index is 13.1. The lowest BCUT2D eigenvalue weighted by Gasteiger charge is -2.13. The van der Waals surface area contributed by atoms with Crippen molar-refractivity contribution in [1.29, 1.82) is 0 Å². The Bertz CT molecular complexity index is 1190. The SMILES string of the molecule is CCOC(=O)c1sc(NC(=O)c2cc3ccccc3cc2OCC(=O)NC2CC2)nc1C. The average molecular weight is 454 g/mol. The zero-order chi connectivity index (χ0) is 22.7. The second-order valence-corrected chi connectivity index (χ2v) is 8.43. The number of carbonyl (C=O) groups is 3. The van der Waals surface area contributed by atoms with Gasteiger partial charge in [-0.2, -0.15) is 0 Å². The summed E-state index contributed by atoms with van der Waals surface area (Å²) in [5, 5.41) is 7.62. The van der Waals surface area contributed by atoms with E-state index < -0.39 is 11.9 Å². The lowest BCUT2D eigenvalue weighted by molar-refractivity contribution is -0.123. The smallest absolute Gasteiger partial charge is 0.350 e.